The molecule has 0 radical (unpaired) electrons. The summed E-state index contributed by atoms with van der Waals surface area (Å²) in [6.07, 6.45) is 1.31. The number of methoxy groups -OCH3 is 1. The summed E-state index contributed by atoms with van der Waals surface area (Å²) in [5.74, 6) is -0.293. The zero-order valence-electron chi connectivity index (χ0n) is 20.2. The van der Waals surface area contributed by atoms with Crippen molar-refractivity contribution in [1.29, 1.82) is 0 Å². The van der Waals surface area contributed by atoms with Crippen LogP contribution in [0.2, 0.25) is 0 Å². The van der Waals surface area contributed by atoms with Crippen molar-refractivity contribution in [1.82, 2.24) is 9.80 Å². The first-order valence-electron chi connectivity index (χ1n) is 11.7. The largest absolute Gasteiger partial charge is 0.497 e. The predicted molar refractivity (Wildman–Crippen MR) is 133 cm³/mol. The van der Waals surface area contributed by atoms with Crippen LogP contribution in [0.5, 0.6) is 5.75 Å². The molecule has 4 rings (SSSR count). The van der Waals surface area contributed by atoms with E-state index in [0.717, 1.165) is 11.3 Å². The molecule has 0 aromatic heterocycles. The number of primary amides is 1. The number of allylic oxidation sites excluding steroid dienone is 1. The van der Waals surface area contributed by atoms with Crippen molar-refractivity contribution >= 4 is 34.7 Å². The maximum atomic E-state index is 13.2. The molecular weight excluding hydrogens is 468 g/mol. The number of rotatable bonds is 7. The minimum absolute atomic E-state index is 0.0330. The van der Waals surface area contributed by atoms with Gasteiger partial charge in [-0.05, 0) is 49.8 Å². The molecule has 0 unspecified atom stereocenters. The van der Waals surface area contributed by atoms with Crippen molar-refractivity contribution < 1.29 is 23.9 Å². The quantitative estimate of drug-likeness (QED) is 0.575. The second-order valence-corrected chi connectivity index (χ2v) is 9.46. The molecule has 3 aliphatic rings. The van der Waals surface area contributed by atoms with Crippen LogP contribution in [0, 0.1) is 5.92 Å². The number of aliphatic imine (C=N–C) groups is 1. The standard InChI is InChI=1S/C25H30N4O5S/c1-4-34-24(32)21-15(2)27-25-29(22(21)17-6-5-7-19(12-17)33-3)18(14-35-25)13-20(30)28-10-8-16(9-11-28)23(26)31/h5-7,12,14,16,22H,4,8-11,13H2,1-3H3,(H2,26,31)/t22-/m1/s1. The first kappa shape index (κ1) is 24.8. The van der Waals surface area contributed by atoms with Gasteiger partial charge < -0.3 is 25.0 Å². The lowest BCUT2D eigenvalue weighted by Crippen LogP contribution is -2.43. The average molecular weight is 499 g/mol. The topological polar surface area (TPSA) is 115 Å². The normalized spacial score (nSPS) is 20.3. The molecule has 1 fully saturated rings. The molecule has 186 valence electrons. The van der Waals surface area contributed by atoms with E-state index in [2.05, 4.69) is 4.99 Å². The van der Waals surface area contributed by atoms with Gasteiger partial charge in [0.05, 0.1) is 37.4 Å². The van der Waals surface area contributed by atoms with Crippen LogP contribution in [-0.4, -0.2) is 59.6 Å². The second-order valence-electron chi connectivity index (χ2n) is 8.62. The summed E-state index contributed by atoms with van der Waals surface area (Å²) < 4.78 is 10.8. The summed E-state index contributed by atoms with van der Waals surface area (Å²) in [4.78, 5) is 46.1. The van der Waals surface area contributed by atoms with Crippen molar-refractivity contribution in [3.8, 4) is 5.75 Å². The molecule has 0 spiro atoms. The molecule has 9 nitrogen and oxygen atoms in total. The Morgan fingerprint density at radius 3 is 2.63 bits per heavy atom. The maximum Gasteiger partial charge on any atom is 0.338 e. The van der Waals surface area contributed by atoms with E-state index in [1.165, 1.54) is 11.8 Å². The molecule has 10 heteroatoms. The fraction of sp³-hybridized carbons (Fsp3) is 0.440. The number of piperidine rings is 1. The van der Waals surface area contributed by atoms with Crippen LogP contribution in [0.1, 0.15) is 44.7 Å². The Balaban J connectivity index is 1.63. The Kier molecular flexibility index (Phi) is 7.49. The third kappa shape index (κ3) is 5.07. The number of thioether (sulfide) groups is 1. The zero-order valence-corrected chi connectivity index (χ0v) is 21.0. The fourth-order valence-electron chi connectivity index (χ4n) is 4.65. The number of ether oxygens (including phenoxy) is 2. The minimum atomic E-state index is -0.508. The van der Waals surface area contributed by atoms with E-state index >= 15 is 0 Å². The number of amidine groups is 1. The van der Waals surface area contributed by atoms with Gasteiger partial charge in [-0.3, -0.25) is 9.59 Å². The highest BCUT2D eigenvalue weighted by molar-refractivity contribution is 8.16. The van der Waals surface area contributed by atoms with Crippen LogP contribution in [0.3, 0.4) is 0 Å². The van der Waals surface area contributed by atoms with E-state index in [-0.39, 0.29) is 30.8 Å². The molecule has 1 saturated heterocycles. The van der Waals surface area contributed by atoms with E-state index in [0.29, 0.717) is 48.1 Å². The van der Waals surface area contributed by atoms with Crippen molar-refractivity contribution in [2.45, 2.75) is 39.2 Å². The van der Waals surface area contributed by atoms with E-state index < -0.39 is 12.0 Å². The van der Waals surface area contributed by atoms with Crippen molar-refractivity contribution in [2.24, 2.45) is 16.6 Å². The number of hydrogen-bond donors (Lipinski definition) is 1. The zero-order chi connectivity index (χ0) is 25.1. The highest BCUT2D eigenvalue weighted by atomic mass is 32.2. The number of carbonyl (C=O) groups is 3. The molecule has 1 aromatic rings. The van der Waals surface area contributed by atoms with E-state index in [1.54, 1.807) is 25.9 Å². The number of nitrogens with two attached hydrogens (primary N) is 1. The van der Waals surface area contributed by atoms with Gasteiger partial charge in [0.25, 0.3) is 0 Å². The van der Waals surface area contributed by atoms with E-state index in [1.807, 2.05) is 34.6 Å². The third-order valence-corrected chi connectivity index (χ3v) is 7.38. The van der Waals surface area contributed by atoms with E-state index in [9.17, 15) is 14.4 Å². The van der Waals surface area contributed by atoms with Crippen LogP contribution in [0.25, 0.3) is 0 Å². The number of amides is 2. The highest BCUT2D eigenvalue weighted by Gasteiger charge is 2.41. The summed E-state index contributed by atoms with van der Waals surface area (Å²) >= 11 is 1.43. The number of esters is 1. The monoisotopic (exact) mass is 498 g/mol. The van der Waals surface area contributed by atoms with Crippen LogP contribution < -0.4 is 10.5 Å². The number of likely N-dealkylation sites (tertiary alicyclic amines) is 1. The lowest BCUT2D eigenvalue weighted by Gasteiger charge is -2.37. The Morgan fingerprint density at radius 2 is 1.97 bits per heavy atom. The van der Waals surface area contributed by atoms with E-state index in [4.69, 9.17) is 15.2 Å². The van der Waals surface area contributed by atoms with Gasteiger partial charge in [0.1, 0.15) is 5.75 Å². The summed E-state index contributed by atoms with van der Waals surface area (Å²) in [5, 5.41) is 2.63. The van der Waals surface area contributed by atoms with Gasteiger partial charge in [0.2, 0.25) is 11.8 Å². The molecule has 35 heavy (non-hydrogen) atoms. The maximum absolute atomic E-state index is 13.2. The SMILES string of the molecule is CCOC(=O)C1=C(C)N=C2SC=C(CC(=O)N3CCC(C(N)=O)CC3)N2[C@@H]1c1cccc(OC)c1. The highest BCUT2D eigenvalue weighted by Crippen LogP contribution is 2.45. The molecular formula is C25H30N4O5S. The van der Waals surface area contributed by atoms with Crippen LogP contribution >= 0.6 is 11.8 Å². The summed E-state index contributed by atoms with van der Waals surface area (Å²) in [6, 6.07) is 7.03. The molecule has 1 aromatic carbocycles. The summed E-state index contributed by atoms with van der Waals surface area (Å²) in [6.45, 7) is 4.81. The fourth-order valence-corrected chi connectivity index (χ4v) is 5.61. The molecule has 2 amide bonds. The molecule has 1 atom stereocenters. The number of carbonyl (C=O) groups excluding carboxylic acids is 3. The lowest BCUT2D eigenvalue weighted by atomic mass is 9.93. The molecule has 0 saturated carbocycles. The van der Waals surface area contributed by atoms with Crippen LogP contribution in [0.4, 0.5) is 0 Å². The minimum Gasteiger partial charge on any atom is -0.497 e. The Hall–Kier alpha value is -3.27. The van der Waals surface area contributed by atoms with Crippen LogP contribution in [0.15, 0.2) is 51.6 Å². The summed E-state index contributed by atoms with van der Waals surface area (Å²) in [5.41, 5.74) is 8.05. The first-order valence-corrected chi connectivity index (χ1v) is 12.5. The molecule has 0 aliphatic carbocycles. The average Bonchev–Trinajstić information content (AvgIpc) is 3.25. The lowest BCUT2D eigenvalue weighted by molar-refractivity contribution is -0.139. The Labute approximate surface area is 209 Å². The number of hydrogen-bond acceptors (Lipinski definition) is 8. The first-order chi connectivity index (χ1) is 16.8. The van der Waals surface area contributed by atoms with Gasteiger partial charge in [0, 0.05) is 24.7 Å². The predicted octanol–water partition coefficient (Wildman–Crippen LogP) is 2.95. The van der Waals surface area contributed by atoms with Crippen molar-refractivity contribution in [3.05, 3.63) is 52.2 Å². The Morgan fingerprint density at radius 1 is 1.23 bits per heavy atom. The second kappa shape index (κ2) is 10.6. The molecule has 3 aliphatic heterocycles. The van der Waals surface area contributed by atoms with Crippen molar-refractivity contribution in [3.63, 3.8) is 0 Å². The van der Waals surface area contributed by atoms with Gasteiger partial charge in [0.15, 0.2) is 5.17 Å². The van der Waals surface area contributed by atoms with Gasteiger partial charge in [-0.2, -0.15) is 0 Å². The van der Waals surface area contributed by atoms with Gasteiger partial charge in [-0.25, -0.2) is 9.79 Å². The van der Waals surface area contributed by atoms with Crippen molar-refractivity contribution in [2.75, 3.05) is 26.8 Å². The summed E-state index contributed by atoms with van der Waals surface area (Å²) in [7, 11) is 1.59. The van der Waals surface area contributed by atoms with Gasteiger partial charge >= 0.3 is 5.97 Å². The van der Waals surface area contributed by atoms with Gasteiger partial charge in [-0.1, -0.05) is 23.9 Å². The number of fused-ring (bicyclic) bond motifs is 1. The number of nitrogens with zero attached hydrogens (tertiary/aromatic N) is 3. The number of benzene rings is 1. The molecule has 0 bridgehead atoms. The van der Waals surface area contributed by atoms with Gasteiger partial charge in [-0.15, -0.1) is 0 Å². The molecule has 2 N–H and O–H groups in total. The van der Waals surface area contributed by atoms with Crippen LogP contribution in [-0.2, 0) is 19.1 Å². The Bertz CT molecular complexity index is 1120. The smallest absolute Gasteiger partial charge is 0.338 e. The molecule has 3 heterocycles. The third-order valence-electron chi connectivity index (χ3n) is 6.49.